The zero-order valence-corrected chi connectivity index (χ0v) is 12.4. The molecule has 0 amide bonds. The highest BCUT2D eigenvalue weighted by atomic mass is 14.1. The van der Waals surface area contributed by atoms with Crippen molar-refractivity contribution >= 4 is 0 Å². The molecule has 0 aliphatic rings. The molecule has 0 radical (unpaired) electrons. The monoisotopic (exact) mass is 226 g/mol. The Balaban J connectivity index is 3.39. The predicted octanol–water partition coefficient (Wildman–Crippen LogP) is 6.06. The minimum Gasteiger partial charge on any atom is -0.0654 e. The van der Waals surface area contributed by atoms with Crippen molar-refractivity contribution in [2.75, 3.05) is 0 Å². The van der Waals surface area contributed by atoms with Crippen molar-refractivity contribution < 1.29 is 0 Å². The van der Waals surface area contributed by atoms with E-state index in [2.05, 4.69) is 34.6 Å². The van der Waals surface area contributed by atoms with E-state index in [1.165, 1.54) is 51.4 Å². The van der Waals surface area contributed by atoms with Gasteiger partial charge in [0.25, 0.3) is 0 Å². The van der Waals surface area contributed by atoms with E-state index in [4.69, 9.17) is 0 Å². The first-order valence-corrected chi connectivity index (χ1v) is 7.56. The van der Waals surface area contributed by atoms with Crippen molar-refractivity contribution in [2.45, 2.75) is 86.0 Å². The third-order valence-electron chi connectivity index (χ3n) is 3.69. The SMILES string of the molecule is CCCCCC(C)CCC(C)CCC(C)C. The van der Waals surface area contributed by atoms with E-state index < -0.39 is 0 Å². The standard InChI is InChI=1S/C16H34/c1-6-7-8-9-15(4)12-13-16(5)11-10-14(2)3/h14-16H,6-13H2,1-5H3. The lowest BCUT2D eigenvalue weighted by Gasteiger charge is -2.16. The zero-order chi connectivity index (χ0) is 12.4. The van der Waals surface area contributed by atoms with Crippen molar-refractivity contribution in [3.8, 4) is 0 Å². The fourth-order valence-corrected chi connectivity index (χ4v) is 2.22. The lowest BCUT2D eigenvalue weighted by molar-refractivity contribution is 0.368. The molecule has 2 unspecified atom stereocenters. The summed E-state index contributed by atoms with van der Waals surface area (Å²) in [5, 5.41) is 0. The van der Waals surface area contributed by atoms with Gasteiger partial charge in [0.05, 0.1) is 0 Å². The zero-order valence-electron chi connectivity index (χ0n) is 12.4. The Bertz CT molecular complexity index is 137. The maximum Gasteiger partial charge on any atom is -0.0443 e. The molecule has 0 saturated carbocycles. The Morgan fingerprint density at radius 2 is 1.12 bits per heavy atom. The minimum atomic E-state index is 0.879. The smallest absolute Gasteiger partial charge is 0.0443 e. The second-order valence-electron chi connectivity index (χ2n) is 6.25. The van der Waals surface area contributed by atoms with E-state index >= 15 is 0 Å². The molecule has 0 saturated heterocycles. The van der Waals surface area contributed by atoms with Gasteiger partial charge in [-0.25, -0.2) is 0 Å². The Kier molecular flexibility index (Phi) is 10.2. The summed E-state index contributed by atoms with van der Waals surface area (Å²) in [6.45, 7) is 11.8. The van der Waals surface area contributed by atoms with Crippen LogP contribution in [-0.4, -0.2) is 0 Å². The van der Waals surface area contributed by atoms with Gasteiger partial charge in [-0.05, 0) is 17.8 Å². The number of rotatable bonds is 10. The molecular formula is C16H34. The van der Waals surface area contributed by atoms with Crippen LogP contribution in [0, 0.1) is 17.8 Å². The van der Waals surface area contributed by atoms with Gasteiger partial charge < -0.3 is 0 Å². The first kappa shape index (κ1) is 16.0. The highest BCUT2D eigenvalue weighted by molar-refractivity contribution is 4.60. The molecule has 16 heavy (non-hydrogen) atoms. The predicted molar refractivity (Wildman–Crippen MR) is 75.8 cm³/mol. The van der Waals surface area contributed by atoms with Crippen LogP contribution >= 0.6 is 0 Å². The quantitative estimate of drug-likeness (QED) is 0.397. The van der Waals surface area contributed by atoms with Crippen molar-refractivity contribution in [2.24, 2.45) is 17.8 Å². The molecule has 0 aliphatic carbocycles. The Labute approximate surface area is 104 Å². The molecule has 0 aromatic rings. The van der Waals surface area contributed by atoms with Gasteiger partial charge >= 0.3 is 0 Å². The average molecular weight is 226 g/mol. The largest absolute Gasteiger partial charge is 0.0654 e. The number of unbranched alkanes of at least 4 members (excludes halogenated alkanes) is 2. The van der Waals surface area contributed by atoms with Crippen molar-refractivity contribution in [3.05, 3.63) is 0 Å². The fraction of sp³-hybridized carbons (Fsp3) is 1.00. The van der Waals surface area contributed by atoms with E-state index in [9.17, 15) is 0 Å². The van der Waals surface area contributed by atoms with Crippen molar-refractivity contribution in [1.29, 1.82) is 0 Å². The molecule has 0 nitrogen and oxygen atoms in total. The van der Waals surface area contributed by atoms with Crippen LogP contribution < -0.4 is 0 Å². The summed E-state index contributed by atoms with van der Waals surface area (Å²) >= 11 is 0. The van der Waals surface area contributed by atoms with Gasteiger partial charge in [-0.3, -0.25) is 0 Å². The molecule has 0 aromatic heterocycles. The van der Waals surface area contributed by atoms with Crippen LogP contribution in [0.3, 0.4) is 0 Å². The van der Waals surface area contributed by atoms with E-state index in [0.717, 1.165) is 17.8 Å². The van der Waals surface area contributed by atoms with Crippen LogP contribution in [0.15, 0.2) is 0 Å². The van der Waals surface area contributed by atoms with Gasteiger partial charge in [0.1, 0.15) is 0 Å². The maximum absolute atomic E-state index is 2.44. The van der Waals surface area contributed by atoms with Gasteiger partial charge in [0.15, 0.2) is 0 Å². The fourth-order valence-electron chi connectivity index (χ4n) is 2.22. The highest BCUT2D eigenvalue weighted by Gasteiger charge is 2.07. The molecular weight excluding hydrogens is 192 g/mol. The Morgan fingerprint density at radius 1 is 0.625 bits per heavy atom. The summed E-state index contributed by atoms with van der Waals surface area (Å²) in [5.74, 6) is 2.77. The third kappa shape index (κ3) is 10.5. The van der Waals surface area contributed by atoms with Crippen LogP contribution in [0.2, 0.25) is 0 Å². The van der Waals surface area contributed by atoms with Gasteiger partial charge in [-0.2, -0.15) is 0 Å². The first-order valence-electron chi connectivity index (χ1n) is 7.56. The average Bonchev–Trinajstić information content (AvgIpc) is 2.24. The van der Waals surface area contributed by atoms with Crippen molar-refractivity contribution in [3.63, 3.8) is 0 Å². The summed E-state index contributed by atoms with van der Waals surface area (Å²) in [6, 6.07) is 0. The number of hydrogen-bond donors (Lipinski definition) is 0. The Hall–Kier alpha value is 0. The second-order valence-corrected chi connectivity index (χ2v) is 6.25. The van der Waals surface area contributed by atoms with Crippen LogP contribution in [-0.2, 0) is 0 Å². The molecule has 0 aliphatic heterocycles. The summed E-state index contributed by atoms with van der Waals surface area (Å²) in [5.41, 5.74) is 0. The molecule has 0 N–H and O–H groups in total. The normalized spacial score (nSPS) is 15.4. The summed E-state index contributed by atoms with van der Waals surface area (Å²) < 4.78 is 0. The minimum absolute atomic E-state index is 0.879. The van der Waals surface area contributed by atoms with Crippen LogP contribution in [0.4, 0.5) is 0 Å². The molecule has 98 valence electrons. The molecule has 0 spiro atoms. The highest BCUT2D eigenvalue weighted by Crippen LogP contribution is 2.21. The van der Waals surface area contributed by atoms with E-state index in [1.54, 1.807) is 0 Å². The van der Waals surface area contributed by atoms with Gasteiger partial charge in [-0.1, -0.05) is 86.0 Å². The molecule has 2 atom stereocenters. The number of hydrogen-bond acceptors (Lipinski definition) is 0. The molecule has 0 bridgehead atoms. The van der Waals surface area contributed by atoms with E-state index in [0.29, 0.717) is 0 Å². The molecule has 0 rings (SSSR count). The lowest BCUT2D eigenvalue weighted by atomic mass is 9.90. The lowest BCUT2D eigenvalue weighted by Crippen LogP contribution is -2.02. The molecule has 0 heterocycles. The molecule has 0 heteroatoms. The Morgan fingerprint density at radius 3 is 1.62 bits per heavy atom. The molecule has 0 fully saturated rings. The van der Waals surface area contributed by atoms with Gasteiger partial charge in [0.2, 0.25) is 0 Å². The van der Waals surface area contributed by atoms with Gasteiger partial charge in [0, 0.05) is 0 Å². The van der Waals surface area contributed by atoms with Crippen LogP contribution in [0.25, 0.3) is 0 Å². The first-order chi connectivity index (χ1) is 7.56. The summed E-state index contributed by atoms with van der Waals surface area (Å²) in [4.78, 5) is 0. The van der Waals surface area contributed by atoms with E-state index in [-0.39, 0.29) is 0 Å². The van der Waals surface area contributed by atoms with E-state index in [1.807, 2.05) is 0 Å². The van der Waals surface area contributed by atoms with Crippen LogP contribution in [0.5, 0.6) is 0 Å². The summed E-state index contributed by atoms with van der Waals surface area (Å²) in [6.07, 6.45) is 11.4. The van der Waals surface area contributed by atoms with Gasteiger partial charge in [-0.15, -0.1) is 0 Å². The summed E-state index contributed by atoms with van der Waals surface area (Å²) in [7, 11) is 0. The van der Waals surface area contributed by atoms with Crippen molar-refractivity contribution in [1.82, 2.24) is 0 Å². The topological polar surface area (TPSA) is 0 Å². The third-order valence-corrected chi connectivity index (χ3v) is 3.69. The second kappa shape index (κ2) is 10.2. The maximum atomic E-state index is 2.44. The molecule has 0 aromatic carbocycles. The van der Waals surface area contributed by atoms with Crippen LogP contribution in [0.1, 0.15) is 86.0 Å².